The van der Waals surface area contributed by atoms with Crippen LogP contribution in [-0.4, -0.2) is 57.2 Å². The molecule has 2 aromatic carbocycles. The highest BCUT2D eigenvalue weighted by Gasteiger charge is 2.35. The summed E-state index contributed by atoms with van der Waals surface area (Å²) in [4.78, 5) is 9.23. The van der Waals surface area contributed by atoms with Crippen LogP contribution in [0.25, 0.3) is 0 Å². The molecule has 7 heteroatoms. The Hall–Kier alpha value is -3.32. The summed E-state index contributed by atoms with van der Waals surface area (Å²) in [6.45, 7) is 4.01. The SMILES string of the molecule is COc1ccc(COc2cc(N3CCOCC3)cc(N3CC[C@@H](F)[C@@H]3Cc3ccccc3)n2)cc1. The van der Waals surface area contributed by atoms with Crippen LogP contribution in [0.1, 0.15) is 17.5 Å². The summed E-state index contributed by atoms with van der Waals surface area (Å²) in [7, 11) is 1.65. The molecule has 0 bridgehead atoms. The van der Waals surface area contributed by atoms with E-state index in [0.717, 1.165) is 41.5 Å². The Morgan fingerprint density at radius 1 is 0.971 bits per heavy atom. The molecule has 1 aromatic heterocycles. The van der Waals surface area contributed by atoms with Gasteiger partial charge >= 0.3 is 0 Å². The molecule has 2 fully saturated rings. The number of alkyl halides is 1. The second kappa shape index (κ2) is 11.0. The standard InChI is InChI=1S/C28H32FN3O3/c1-33-24-9-7-22(8-10-24)20-35-28-19-23(31-13-15-34-16-14-31)18-27(30-28)32-12-11-25(29)26(32)17-21-5-3-2-4-6-21/h2-10,18-19,25-26H,11-17,20H2,1H3/t25-,26+/m1/s1. The minimum absolute atomic E-state index is 0.251. The summed E-state index contributed by atoms with van der Waals surface area (Å²) in [5.74, 6) is 2.11. The van der Waals surface area contributed by atoms with Crippen molar-refractivity contribution in [2.24, 2.45) is 0 Å². The lowest BCUT2D eigenvalue weighted by Crippen LogP contribution is -2.38. The maximum Gasteiger partial charge on any atom is 0.217 e. The predicted molar refractivity (Wildman–Crippen MR) is 135 cm³/mol. The van der Waals surface area contributed by atoms with Crippen molar-refractivity contribution < 1.29 is 18.6 Å². The molecule has 6 nitrogen and oxygen atoms in total. The first-order valence-corrected chi connectivity index (χ1v) is 12.2. The molecule has 2 aliphatic heterocycles. The third kappa shape index (κ3) is 5.68. The zero-order chi connectivity index (χ0) is 24.0. The van der Waals surface area contributed by atoms with Gasteiger partial charge in [-0.25, -0.2) is 4.39 Å². The lowest BCUT2D eigenvalue weighted by Gasteiger charge is -2.31. The van der Waals surface area contributed by atoms with Gasteiger partial charge in [-0.3, -0.25) is 0 Å². The summed E-state index contributed by atoms with van der Waals surface area (Å²) in [5, 5.41) is 0. The van der Waals surface area contributed by atoms with Gasteiger partial charge in [-0.15, -0.1) is 0 Å². The number of nitrogens with zero attached hydrogens (tertiary/aromatic N) is 3. The largest absolute Gasteiger partial charge is 0.497 e. The number of hydrogen-bond acceptors (Lipinski definition) is 6. The van der Waals surface area contributed by atoms with E-state index < -0.39 is 6.17 Å². The summed E-state index contributed by atoms with van der Waals surface area (Å²) < 4.78 is 32.0. The van der Waals surface area contributed by atoms with E-state index in [9.17, 15) is 0 Å². The third-order valence-electron chi connectivity index (χ3n) is 6.74. The van der Waals surface area contributed by atoms with E-state index in [4.69, 9.17) is 19.2 Å². The van der Waals surface area contributed by atoms with Crippen LogP contribution < -0.4 is 19.3 Å². The first-order valence-electron chi connectivity index (χ1n) is 12.2. The van der Waals surface area contributed by atoms with Gasteiger partial charge in [-0.1, -0.05) is 42.5 Å². The van der Waals surface area contributed by atoms with Crippen molar-refractivity contribution >= 4 is 11.5 Å². The van der Waals surface area contributed by atoms with E-state index in [-0.39, 0.29) is 6.04 Å². The molecule has 5 rings (SSSR count). The number of halogens is 1. The molecule has 2 aliphatic rings. The van der Waals surface area contributed by atoms with Gasteiger partial charge in [0.1, 0.15) is 24.3 Å². The maximum absolute atomic E-state index is 15.1. The smallest absolute Gasteiger partial charge is 0.217 e. The van der Waals surface area contributed by atoms with E-state index in [2.05, 4.69) is 28.0 Å². The zero-order valence-corrected chi connectivity index (χ0v) is 20.1. The number of morpholine rings is 1. The van der Waals surface area contributed by atoms with Crippen LogP contribution in [0.5, 0.6) is 11.6 Å². The molecule has 3 aromatic rings. The number of pyridine rings is 1. The Morgan fingerprint density at radius 3 is 2.49 bits per heavy atom. The molecule has 0 spiro atoms. The normalized spacial score (nSPS) is 20.2. The van der Waals surface area contributed by atoms with E-state index >= 15 is 4.39 Å². The van der Waals surface area contributed by atoms with Crippen LogP contribution in [0.15, 0.2) is 66.7 Å². The predicted octanol–water partition coefficient (Wildman–Crippen LogP) is 4.67. The number of hydrogen-bond donors (Lipinski definition) is 0. The second-order valence-corrected chi connectivity index (χ2v) is 9.01. The fourth-order valence-corrected chi connectivity index (χ4v) is 4.78. The highest BCUT2D eigenvalue weighted by Crippen LogP contribution is 2.33. The van der Waals surface area contributed by atoms with Crippen LogP contribution >= 0.6 is 0 Å². The van der Waals surface area contributed by atoms with Gasteiger partial charge in [-0.2, -0.15) is 4.98 Å². The fourth-order valence-electron chi connectivity index (χ4n) is 4.78. The molecule has 2 saturated heterocycles. The number of methoxy groups -OCH3 is 1. The Bertz CT molecular complexity index is 1090. The number of ether oxygens (including phenoxy) is 3. The number of aromatic nitrogens is 1. The molecule has 0 aliphatic carbocycles. The van der Waals surface area contributed by atoms with E-state index in [0.29, 0.717) is 45.1 Å². The summed E-state index contributed by atoms with van der Waals surface area (Å²) in [6.07, 6.45) is 0.254. The highest BCUT2D eigenvalue weighted by atomic mass is 19.1. The topological polar surface area (TPSA) is 47.1 Å². The molecular formula is C28H32FN3O3. The first-order chi connectivity index (χ1) is 17.2. The van der Waals surface area contributed by atoms with E-state index in [1.54, 1.807) is 7.11 Å². The van der Waals surface area contributed by atoms with Crippen molar-refractivity contribution in [1.29, 1.82) is 0 Å². The van der Waals surface area contributed by atoms with Gasteiger partial charge in [0.2, 0.25) is 5.88 Å². The number of rotatable bonds is 8. The summed E-state index contributed by atoms with van der Waals surface area (Å²) in [5.41, 5.74) is 3.19. The van der Waals surface area contributed by atoms with Crippen molar-refractivity contribution in [3.8, 4) is 11.6 Å². The van der Waals surface area contributed by atoms with Gasteiger partial charge in [0, 0.05) is 37.5 Å². The first kappa shape index (κ1) is 23.4. The molecule has 0 unspecified atom stereocenters. The minimum atomic E-state index is -0.896. The molecule has 0 N–H and O–H groups in total. The molecular weight excluding hydrogens is 445 g/mol. The lowest BCUT2D eigenvalue weighted by molar-refractivity contribution is 0.122. The van der Waals surface area contributed by atoms with Gasteiger partial charge < -0.3 is 24.0 Å². The number of anilines is 2. The fraction of sp³-hybridized carbons (Fsp3) is 0.393. The monoisotopic (exact) mass is 477 g/mol. The minimum Gasteiger partial charge on any atom is -0.497 e. The van der Waals surface area contributed by atoms with Crippen molar-refractivity contribution in [2.75, 3.05) is 49.8 Å². The van der Waals surface area contributed by atoms with Crippen LogP contribution in [-0.2, 0) is 17.8 Å². The third-order valence-corrected chi connectivity index (χ3v) is 6.74. The summed E-state index contributed by atoms with van der Waals surface area (Å²) in [6, 6.07) is 21.7. The summed E-state index contributed by atoms with van der Waals surface area (Å²) >= 11 is 0. The average molecular weight is 478 g/mol. The Balaban J connectivity index is 1.40. The van der Waals surface area contributed by atoms with E-state index in [1.165, 1.54) is 0 Å². The van der Waals surface area contributed by atoms with Crippen LogP contribution in [0.3, 0.4) is 0 Å². The maximum atomic E-state index is 15.1. The van der Waals surface area contributed by atoms with E-state index in [1.807, 2.05) is 48.5 Å². The quantitative estimate of drug-likeness (QED) is 0.470. The van der Waals surface area contributed by atoms with Gasteiger partial charge in [0.05, 0.1) is 26.4 Å². The van der Waals surface area contributed by atoms with Crippen LogP contribution in [0.2, 0.25) is 0 Å². The van der Waals surface area contributed by atoms with Crippen molar-refractivity contribution in [3.63, 3.8) is 0 Å². The highest BCUT2D eigenvalue weighted by molar-refractivity contribution is 5.59. The average Bonchev–Trinajstić information content (AvgIpc) is 3.28. The van der Waals surface area contributed by atoms with Gasteiger partial charge in [-0.05, 0) is 36.1 Å². The van der Waals surface area contributed by atoms with Gasteiger partial charge in [0.15, 0.2) is 0 Å². The van der Waals surface area contributed by atoms with Crippen molar-refractivity contribution in [3.05, 3.63) is 77.9 Å². The molecule has 35 heavy (non-hydrogen) atoms. The molecule has 0 radical (unpaired) electrons. The molecule has 0 amide bonds. The molecule has 2 atom stereocenters. The second-order valence-electron chi connectivity index (χ2n) is 9.01. The molecule has 3 heterocycles. The number of benzene rings is 2. The van der Waals surface area contributed by atoms with Crippen molar-refractivity contribution in [1.82, 2.24) is 4.98 Å². The lowest BCUT2D eigenvalue weighted by atomic mass is 10.0. The Kier molecular flexibility index (Phi) is 7.33. The van der Waals surface area contributed by atoms with Crippen LogP contribution in [0, 0.1) is 0 Å². The van der Waals surface area contributed by atoms with Crippen molar-refractivity contribution in [2.45, 2.75) is 31.7 Å². The molecule has 0 saturated carbocycles. The zero-order valence-electron chi connectivity index (χ0n) is 20.1. The molecule has 184 valence electrons. The Labute approximate surface area is 206 Å². The Morgan fingerprint density at radius 2 is 1.74 bits per heavy atom. The van der Waals surface area contributed by atoms with Crippen LogP contribution in [0.4, 0.5) is 15.9 Å². The van der Waals surface area contributed by atoms with Gasteiger partial charge in [0.25, 0.3) is 0 Å².